The lowest BCUT2D eigenvalue weighted by Crippen LogP contribution is -2.41. The highest BCUT2D eigenvalue weighted by molar-refractivity contribution is 6.05. The second-order valence-corrected chi connectivity index (χ2v) is 11.7. The van der Waals surface area contributed by atoms with Crippen molar-refractivity contribution in [3.63, 3.8) is 0 Å². The van der Waals surface area contributed by atoms with E-state index in [4.69, 9.17) is 0 Å². The zero-order chi connectivity index (χ0) is 35.4. The number of rotatable bonds is 13. The summed E-state index contributed by atoms with van der Waals surface area (Å²) in [7, 11) is 3.30. The molecule has 3 N–H and O–H groups in total. The summed E-state index contributed by atoms with van der Waals surface area (Å²) in [6.07, 6.45) is 6.35. The molecule has 5 rings (SSSR count). The van der Waals surface area contributed by atoms with Crippen molar-refractivity contribution in [1.82, 2.24) is 28.6 Å². The van der Waals surface area contributed by atoms with Crippen LogP contribution in [-0.4, -0.2) is 52.4 Å². The number of pyridine rings is 1. The highest BCUT2D eigenvalue weighted by Gasteiger charge is 2.24. The van der Waals surface area contributed by atoms with Crippen molar-refractivity contribution < 1.29 is 19.3 Å². The van der Waals surface area contributed by atoms with E-state index >= 15 is 0 Å². The summed E-state index contributed by atoms with van der Waals surface area (Å²) in [6.45, 7) is 4.21. The summed E-state index contributed by atoms with van der Waals surface area (Å²) >= 11 is 0. The van der Waals surface area contributed by atoms with Crippen LogP contribution in [0.3, 0.4) is 0 Å². The van der Waals surface area contributed by atoms with Crippen molar-refractivity contribution in [3.8, 4) is 11.4 Å². The third-order valence-corrected chi connectivity index (χ3v) is 8.11. The number of non-ortho nitro benzene ring substituents is 1. The number of nitrogens with zero attached hydrogens (tertiary/aromatic N) is 6. The van der Waals surface area contributed by atoms with E-state index < -0.39 is 34.5 Å². The number of carbonyl (C=O) groups is 3. The molecule has 1 aromatic carbocycles. The van der Waals surface area contributed by atoms with Gasteiger partial charge in [0.05, 0.1) is 32.8 Å². The summed E-state index contributed by atoms with van der Waals surface area (Å²) in [4.78, 5) is 80.8. The number of amides is 3. The first kappa shape index (κ1) is 34.3. The molecule has 0 bridgehead atoms. The fraction of sp³-hybridized carbons (Fsp3) is 0.333. The van der Waals surface area contributed by atoms with Crippen LogP contribution in [-0.2, 0) is 32.0 Å². The molecule has 3 amide bonds. The molecule has 16 nitrogen and oxygen atoms in total. The molecule has 2 aromatic heterocycles. The Morgan fingerprint density at radius 3 is 2.18 bits per heavy atom. The first-order chi connectivity index (χ1) is 23.4. The van der Waals surface area contributed by atoms with Gasteiger partial charge in [-0.05, 0) is 37.1 Å². The first-order valence-electron chi connectivity index (χ1n) is 15.9. The molecule has 4 heterocycles. The van der Waals surface area contributed by atoms with Gasteiger partial charge in [-0.1, -0.05) is 32.8 Å². The average Bonchev–Trinajstić information content (AvgIpc) is 3.61. The molecule has 0 saturated carbocycles. The monoisotopic (exact) mass is 671 g/mol. The molecule has 0 spiro atoms. The quantitative estimate of drug-likeness (QED) is 0.0732. The second kappa shape index (κ2) is 14.4. The largest absolute Gasteiger partial charge is 0.352 e. The van der Waals surface area contributed by atoms with Crippen LogP contribution in [0.25, 0.3) is 22.3 Å². The van der Waals surface area contributed by atoms with E-state index in [2.05, 4.69) is 20.9 Å². The van der Waals surface area contributed by atoms with Gasteiger partial charge in [-0.2, -0.15) is 4.98 Å². The van der Waals surface area contributed by atoms with Gasteiger partial charge in [-0.25, -0.2) is 9.36 Å². The van der Waals surface area contributed by atoms with Crippen LogP contribution in [0.2, 0.25) is 0 Å². The number of aromatic nitrogens is 5. The number of unbranched alkanes of at least 4 members (excludes halogenated alkanes) is 2. The highest BCUT2D eigenvalue weighted by Crippen LogP contribution is 2.31. The fourth-order valence-electron chi connectivity index (χ4n) is 5.62. The molecule has 0 saturated heterocycles. The first-order valence-corrected chi connectivity index (χ1v) is 15.9. The van der Waals surface area contributed by atoms with E-state index in [1.54, 1.807) is 41.6 Å². The number of aryl methyl sites for hydroxylation is 3. The smallest absolute Gasteiger partial charge is 0.351 e. The van der Waals surface area contributed by atoms with E-state index in [-0.39, 0.29) is 39.7 Å². The standard InChI is InChI=1S/C33H37N9O7/c1-5-7-12-34-30(44)26-15-21(18-38(26)3)36-31(45)27-14-20(17-39(27)4)35-28(43)19-41-32(46)23-16-22-24(10-9-11-25(22)42(48)49)40(13-8-6-2)29(23)37-33(41)47/h9-11,14-18H,5-8,12-13,19H2,1-4H3,(H,34,44)(H,35,43)(H,36,45). The van der Waals surface area contributed by atoms with E-state index in [9.17, 15) is 34.1 Å². The lowest BCUT2D eigenvalue weighted by Gasteiger charge is -2.18. The molecule has 2 aliphatic rings. The predicted molar refractivity (Wildman–Crippen MR) is 183 cm³/mol. The molecule has 0 aliphatic carbocycles. The number of carbonyl (C=O) groups excluding carboxylic acids is 3. The maximum absolute atomic E-state index is 13.6. The summed E-state index contributed by atoms with van der Waals surface area (Å²) in [5.41, 5.74) is -0.342. The van der Waals surface area contributed by atoms with Crippen LogP contribution in [0.1, 0.15) is 60.5 Å². The number of nitrogens with one attached hydrogen (secondary N) is 3. The van der Waals surface area contributed by atoms with Gasteiger partial charge < -0.3 is 29.7 Å². The highest BCUT2D eigenvalue weighted by atomic mass is 16.6. The van der Waals surface area contributed by atoms with Crippen molar-refractivity contribution >= 4 is 45.7 Å². The van der Waals surface area contributed by atoms with Crippen molar-refractivity contribution in [2.75, 3.05) is 17.2 Å². The van der Waals surface area contributed by atoms with Gasteiger partial charge >= 0.3 is 5.69 Å². The summed E-state index contributed by atoms with van der Waals surface area (Å²) < 4.78 is 5.39. The van der Waals surface area contributed by atoms with Gasteiger partial charge in [0.1, 0.15) is 17.9 Å². The molecule has 0 atom stereocenters. The second-order valence-electron chi connectivity index (χ2n) is 11.7. The Kier molecular flexibility index (Phi) is 10.1. The zero-order valence-electron chi connectivity index (χ0n) is 27.6. The SMILES string of the molecule is CCCCNC(=O)c1cc(NC(=O)c2cc(NC(=O)Cn3c(=O)nc4n(CCCC)c5cccc([N+](=O)[O-])c5cc-4c3=O)cn2C)cn1C. The summed E-state index contributed by atoms with van der Waals surface area (Å²) in [5, 5.41) is 20.2. The average molecular weight is 672 g/mol. The molecule has 2 aliphatic heterocycles. The van der Waals surface area contributed by atoms with Gasteiger partial charge in [0.15, 0.2) is 5.82 Å². The van der Waals surface area contributed by atoms with Gasteiger partial charge in [0, 0.05) is 45.6 Å². The van der Waals surface area contributed by atoms with Crippen molar-refractivity contribution in [2.24, 2.45) is 14.1 Å². The number of anilines is 2. The topological polar surface area (TPSA) is 197 Å². The number of fused-ring (bicyclic) bond motifs is 2. The van der Waals surface area contributed by atoms with E-state index in [0.717, 1.165) is 19.3 Å². The number of benzene rings is 1. The molecule has 16 heteroatoms. The van der Waals surface area contributed by atoms with Crippen molar-refractivity contribution in [2.45, 2.75) is 52.6 Å². The molecule has 256 valence electrons. The van der Waals surface area contributed by atoms with Crippen LogP contribution < -0.4 is 27.2 Å². The van der Waals surface area contributed by atoms with Gasteiger partial charge in [-0.3, -0.25) is 29.3 Å². The Balaban J connectivity index is 1.36. The van der Waals surface area contributed by atoms with Crippen molar-refractivity contribution in [3.05, 3.63) is 91.1 Å². The third kappa shape index (κ3) is 7.12. The van der Waals surface area contributed by atoms with Crippen LogP contribution in [0.4, 0.5) is 17.1 Å². The molecule has 0 radical (unpaired) electrons. The Morgan fingerprint density at radius 2 is 1.53 bits per heavy atom. The fourth-order valence-corrected chi connectivity index (χ4v) is 5.62. The van der Waals surface area contributed by atoms with Gasteiger partial charge in [-0.15, -0.1) is 0 Å². The zero-order valence-corrected chi connectivity index (χ0v) is 27.6. The van der Waals surface area contributed by atoms with E-state index in [0.29, 0.717) is 41.0 Å². The number of hydrogen-bond acceptors (Lipinski definition) is 8. The molecular weight excluding hydrogens is 634 g/mol. The van der Waals surface area contributed by atoms with E-state index in [1.165, 1.54) is 35.0 Å². The lowest BCUT2D eigenvalue weighted by atomic mass is 10.1. The molecule has 3 aromatic rings. The third-order valence-electron chi connectivity index (χ3n) is 8.11. The number of nitro benzene ring substituents is 1. The number of nitro groups is 1. The molecule has 0 unspecified atom stereocenters. The minimum absolute atomic E-state index is 0.0357. The lowest BCUT2D eigenvalue weighted by molar-refractivity contribution is -0.383. The van der Waals surface area contributed by atoms with Crippen LogP contribution in [0.5, 0.6) is 0 Å². The molecule has 0 fully saturated rings. The van der Waals surface area contributed by atoms with Crippen molar-refractivity contribution in [1.29, 1.82) is 0 Å². The number of hydrogen-bond donors (Lipinski definition) is 3. The van der Waals surface area contributed by atoms with E-state index in [1.807, 2.05) is 13.8 Å². The molecule has 49 heavy (non-hydrogen) atoms. The van der Waals surface area contributed by atoms with Gasteiger partial charge in [0.2, 0.25) is 5.91 Å². The Bertz CT molecular complexity index is 2170. The maximum Gasteiger partial charge on any atom is 0.352 e. The van der Waals surface area contributed by atoms with Crippen LogP contribution in [0.15, 0.2) is 58.4 Å². The van der Waals surface area contributed by atoms with Gasteiger partial charge in [0.25, 0.3) is 23.1 Å². The summed E-state index contributed by atoms with van der Waals surface area (Å²) in [5.74, 6) is -1.41. The Labute approximate surface area is 279 Å². The maximum atomic E-state index is 13.6. The minimum Gasteiger partial charge on any atom is -0.351 e. The van der Waals surface area contributed by atoms with Crippen LogP contribution >= 0.6 is 0 Å². The predicted octanol–water partition coefficient (Wildman–Crippen LogP) is 3.47. The van der Waals surface area contributed by atoms with Crippen LogP contribution in [0, 0.1) is 10.1 Å². The molecular formula is C33H37N9O7. The summed E-state index contributed by atoms with van der Waals surface area (Å²) in [6, 6.07) is 8.86. The normalized spacial score (nSPS) is 11.2. The Hall–Kier alpha value is -6.06. The minimum atomic E-state index is -0.947. The Morgan fingerprint density at radius 1 is 0.878 bits per heavy atom.